The van der Waals surface area contributed by atoms with E-state index in [2.05, 4.69) is 5.32 Å². The van der Waals surface area contributed by atoms with Gasteiger partial charge in [0.25, 0.3) is 0 Å². The number of carbonyl (C=O) groups is 1. The minimum Gasteiger partial charge on any atom is -0.465 e. The van der Waals surface area contributed by atoms with Gasteiger partial charge in [0.05, 0.1) is 0 Å². The molecule has 4 heteroatoms. The smallest absolute Gasteiger partial charge is 0.409 e. The highest BCUT2D eigenvalue weighted by Gasteiger charge is 1.99. The first-order chi connectivity index (χ1) is 6.09. The Balaban J connectivity index is 2.85. The summed E-state index contributed by atoms with van der Waals surface area (Å²) in [7, 11) is 3.81. The van der Waals surface area contributed by atoms with Crippen LogP contribution in [0.5, 0.6) is 0 Å². The average molecular weight is 180 g/mol. The van der Waals surface area contributed by atoms with E-state index in [1.165, 1.54) is 0 Å². The molecule has 0 aromatic heterocycles. The maximum atomic E-state index is 10.3. The monoisotopic (exact) mass is 180 g/mol. The van der Waals surface area contributed by atoms with Crippen LogP contribution in [-0.2, 0) is 0 Å². The minimum absolute atomic E-state index is 0.582. The van der Waals surface area contributed by atoms with Gasteiger partial charge >= 0.3 is 6.09 Å². The van der Waals surface area contributed by atoms with Gasteiger partial charge in [-0.25, -0.2) is 4.79 Å². The zero-order valence-electron chi connectivity index (χ0n) is 7.61. The van der Waals surface area contributed by atoms with Crippen LogP contribution in [0.15, 0.2) is 24.3 Å². The maximum absolute atomic E-state index is 10.3. The van der Waals surface area contributed by atoms with E-state index in [4.69, 9.17) is 5.11 Å². The molecule has 0 fully saturated rings. The predicted molar refractivity (Wildman–Crippen MR) is 52.4 cm³/mol. The summed E-state index contributed by atoms with van der Waals surface area (Å²) in [5.41, 5.74) is 1.55. The number of carboxylic acid groups (broad SMARTS) is 1. The number of rotatable bonds is 2. The maximum Gasteiger partial charge on any atom is 0.409 e. The molecule has 0 spiro atoms. The Morgan fingerprint density at radius 2 is 2.15 bits per heavy atom. The Kier molecular flexibility index (Phi) is 2.74. The van der Waals surface area contributed by atoms with Gasteiger partial charge in [0.1, 0.15) is 0 Å². The Labute approximate surface area is 76.8 Å². The molecule has 0 unspecified atom stereocenters. The first kappa shape index (κ1) is 9.38. The van der Waals surface area contributed by atoms with Crippen LogP contribution in [0.2, 0.25) is 0 Å². The van der Waals surface area contributed by atoms with Gasteiger partial charge in [-0.1, -0.05) is 6.07 Å². The van der Waals surface area contributed by atoms with Crippen LogP contribution in [0, 0.1) is 0 Å². The molecule has 1 aromatic rings. The van der Waals surface area contributed by atoms with E-state index in [-0.39, 0.29) is 0 Å². The fourth-order valence-electron chi connectivity index (χ4n) is 0.985. The normalized spacial score (nSPS) is 9.38. The molecule has 0 bridgehead atoms. The third-order valence-corrected chi connectivity index (χ3v) is 1.61. The highest BCUT2D eigenvalue weighted by molar-refractivity contribution is 5.83. The van der Waals surface area contributed by atoms with Gasteiger partial charge in [-0.05, 0) is 18.2 Å². The molecule has 0 heterocycles. The van der Waals surface area contributed by atoms with Gasteiger partial charge in [0, 0.05) is 25.5 Å². The van der Waals surface area contributed by atoms with Crippen molar-refractivity contribution < 1.29 is 9.90 Å². The van der Waals surface area contributed by atoms with Crippen molar-refractivity contribution in [2.75, 3.05) is 24.3 Å². The van der Waals surface area contributed by atoms with Crippen LogP contribution in [0.4, 0.5) is 16.2 Å². The van der Waals surface area contributed by atoms with E-state index >= 15 is 0 Å². The highest BCUT2D eigenvalue weighted by Crippen LogP contribution is 2.16. The SMILES string of the molecule is CN(C)c1cccc(NC(=O)O)c1. The standard InChI is InChI=1S/C9H12N2O2/c1-11(2)8-5-3-4-7(6-8)10-9(12)13/h3-6,10H,1-2H3,(H,12,13). The summed E-state index contributed by atoms with van der Waals surface area (Å²) < 4.78 is 0. The summed E-state index contributed by atoms with van der Waals surface area (Å²) in [6.45, 7) is 0. The zero-order valence-corrected chi connectivity index (χ0v) is 7.61. The first-order valence-electron chi connectivity index (χ1n) is 3.87. The van der Waals surface area contributed by atoms with Crippen molar-refractivity contribution in [3.63, 3.8) is 0 Å². The van der Waals surface area contributed by atoms with E-state index in [0.717, 1.165) is 5.69 Å². The Hall–Kier alpha value is -1.71. The van der Waals surface area contributed by atoms with Crippen LogP contribution < -0.4 is 10.2 Å². The molecule has 4 nitrogen and oxygen atoms in total. The van der Waals surface area contributed by atoms with Crippen LogP contribution in [0.1, 0.15) is 0 Å². The van der Waals surface area contributed by atoms with Crippen molar-refractivity contribution in [3.8, 4) is 0 Å². The summed E-state index contributed by atoms with van der Waals surface area (Å²) in [5, 5.41) is 10.8. The number of benzene rings is 1. The average Bonchev–Trinajstić information content (AvgIpc) is 2.03. The summed E-state index contributed by atoms with van der Waals surface area (Å²) in [4.78, 5) is 12.2. The number of nitrogens with zero attached hydrogens (tertiary/aromatic N) is 1. The number of anilines is 2. The van der Waals surface area contributed by atoms with Crippen LogP contribution in [-0.4, -0.2) is 25.3 Å². The first-order valence-corrected chi connectivity index (χ1v) is 3.87. The molecule has 0 aliphatic carbocycles. The molecule has 0 saturated heterocycles. The summed E-state index contributed by atoms with van der Waals surface area (Å²) in [6.07, 6.45) is -1.05. The number of hydrogen-bond donors (Lipinski definition) is 2. The van der Waals surface area contributed by atoms with Crippen molar-refractivity contribution in [3.05, 3.63) is 24.3 Å². The van der Waals surface area contributed by atoms with Gasteiger partial charge in [-0.15, -0.1) is 0 Å². The van der Waals surface area contributed by atoms with Crippen molar-refractivity contribution in [2.24, 2.45) is 0 Å². The molecule has 13 heavy (non-hydrogen) atoms. The molecule has 1 rings (SSSR count). The lowest BCUT2D eigenvalue weighted by Crippen LogP contribution is -2.10. The van der Waals surface area contributed by atoms with Gasteiger partial charge in [0.2, 0.25) is 0 Å². The molecular formula is C9H12N2O2. The van der Waals surface area contributed by atoms with Crippen LogP contribution in [0.25, 0.3) is 0 Å². The van der Waals surface area contributed by atoms with E-state index in [1.807, 2.05) is 25.1 Å². The van der Waals surface area contributed by atoms with Crippen molar-refractivity contribution >= 4 is 17.5 Å². The Morgan fingerprint density at radius 1 is 1.46 bits per heavy atom. The molecule has 0 atom stereocenters. The molecule has 1 aromatic carbocycles. The largest absolute Gasteiger partial charge is 0.465 e. The van der Waals surface area contributed by atoms with Gasteiger partial charge < -0.3 is 10.0 Å². The zero-order chi connectivity index (χ0) is 9.84. The second kappa shape index (κ2) is 3.80. The fraction of sp³-hybridized carbons (Fsp3) is 0.222. The molecule has 2 N–H and O–H groups in total. The van der Waals surface area contributed by atoms with Gasteiger partial charge in [0.15, 0.2) is 0 Å². The molecule has 0 aliphatic rings. The number of hydrogen-bond acceptors (Lipinski definition) is 2. The van der Waals surface area contributed by atoms with E-state index in [1.54, 1.807) is 18.2 Å². The van der Waals surface area contributed by atoms with E-state index in [0.29, 0.717) is 5.69 Å². The lowest BCUT2D eigenvalue weighted by molar-refractivity contribution is 0.210. The molecule has 70 valence electrons. The fourth-order valence-corrected chi connectivity index (χ4v) is 0.985. The van der Waals surface area contributed by atoms with Gasteiger partial charge in [-0.3, -0.25) is 5.32 Å². The summed E-state index contributed by atoms with van der Waals surface area (Å²) >= 11 is 0. The number of amides is 1. The Bertz CT molecular complexity index is 310. The third-order valence-electron chi connectivity index (χ3n) is 1.61. The summed E-state index contributed by atoms with van der Waals surface area (Å²) in [5.74, 6) is 0. The second-order valence-electron chi connectivity index (χ2n) is 2.87. The topological polar surface area (TPSA) is 52.6 Å². The molecule has 0 radical (unpaired) electrons. The molecular weight excluding hydrogens is 168 g/mol. The van der Waals surface area contributed by atoms with Crippen LogP contribution >= 0.6 is 0 Å². The quantitative estimate of drug-likeness (QED) is 0.730. The lowest BCUT2D eigenvalue weighted by Gasteiger charge is -2.13. The Morgan fingerprint density at radius 3 is 2.69 bits per heavy atom. The predicted octanol–water partition coefficient (Wildman–Crippen LogP) is 1.84. The third kappa shape index (κ3) is 2.66. The second-order valence-corrected chi connectivity index (χ2v) is 2.87. The number of nitrogens with one attached hydrogen (secondary N) is 1. The summed E-state index contributed by atoms with van der Waals surface area (Å²) in [6, 6.07) is 7.20. The van der Waals surface area contributed by atoms with Gasteiger partial charge in [-0.2, -0.15) is 0 Å². The van der Waals surface area contributed by atoms with Crippen molar-refractivity contribution in [1.82, 2.24) is 0 Å². The van der Waals surface area contributed by atoms with Crippen LogP contribution in [0.3, 0.4) is 0 Å². The van der Waals surface area contributed by atoms with E-state index < -0.39 is 6.09 Å². The van der Waals surface area contributed by atoms with E-state index in [9.17, 15) is 4.79 Å². The van der Waals surface area contributed by atoms with Crippen molar-refractivity contribution in [2.45, 2.75) is 0 Å². The molecule has 0 saturated carbocycles. The van der Waals surface area contributed by atoms with Crippen molar-refractivity contribution in [1.29, 1.82) is 0 Å². The molecule has 1 amide bonds. The lowest BCUT2D eigenvalue weighted by atomic mass is 10.2. The molecule has 0 aliphatic heterocycles. The highest BCUT2D eigenvalue weighted by atomic mass is 16.4. The minimum atomic E-state index is -1.05.